The Labute approximate surface area is 121 Å². The van der Waals surface area contributed by atoms with Gasteiger partial charge in [-0.15, -0.1) is 0 Å². The summed E-state index contributed by atoms with van der Waals surface area (Å²) in [5.41, 5.74) is 1.02. The molecule has 4 nitrogen and oxygen atoms in total. The predicted molar refractivity (Wildman–Crippen MR) is 79.4 cm³/mol. The maximum Gasteiger partial charge on any atom is 0.410 e. The molecule has 1 aliphatic rings. The zero-order valence-electron chi connectivity index (χ0n) is 12.3. The number of benzene rings is 1. The SMILES string of the molecule is CC(C)N(C[C@H]1CCNC1)C(=O)OCc1ccccc1. The zero-order chi connectivity index (χ0) is 14.4. The van der Waals surface area contributed by atoms with Crippen molar-refractivity contribution in [1.82, 2.24) is 10.2 Å². The van der Waals surface area contributed by atoms with Gasteiger partial charge in [0.05, 0.1) is 0 Å². The van der Waals surface area contributed by atoms with E-state index in [0.29, 0.717) is 12.5 Å². The first kappa shape index (κ1) is 14.9. The molecule has 110 valence electrons. The third kappa shape index (κ3) is 4.23. The van der Waals surface area contributed by atoms with Gasteiger partial charge in [0, 0.05) is 12.6 Å². The highest BCUT2D eigenvalue weighted by Gasteiger charge is 2.24. The van der Waals surface area contributed by atoms with Gasteiger partial charge < -0.3 is 15.0 Å². The topological polar surface area (TPSA) is 41.6 Å². The monoisotopic (exact) mass is 276 g/mol. The molecule has 1 aliphatic heterocycles. The molecule has 1 heterocycles. The Hall–Kier alpha value is -1.55. The van der Waals surface area contributed by atoms with Gasteiger partial charge in [0.15, 0.2) is 0 Å². The first-order valence-electron chi connectivity index (χ1n) is 7.35. The van der Waals surface area contributed by atoms with E-state index in [1.54, 1.807) is 0 Å². The minimum atomic E-state index is -0.212. The molecule has 20 heavy (non-hydrogen) atoms. The van der Waals surface area contributed by atoms with Crippen molar-refractivity contribution in [3.05, 3.63) is 35.9 Å². The number of hydrogen-bond donors (Lipinski definition) is 1. The van der Waals surface area contributed by atoms with Crippen LogP contribution in [0, 0.1) is 5.92 Å². The van der Waals surface area contributed by atoms with Gasteiger partial charge >= 0.3 is 6.09 Å². The lowest BCUT2D eigenvalue weighted by Gasteiger charge is -2.28. The fourth-order valence-corrected chi connectivity index (χ4v) is 2.45. The van der Waals surface area contributed by atoms with E-state index in [1.807, 2.05) is 49.1 Å². The molecule has 0 aromatic heterocycles. The molecule has 1 aromatic rings. The van der Waals surface area contributed by atoms with Crippen LogP contribution < -0.4 is 5.32 Å². The smallest absolute Gasteiger partial charge is 0.410 e. The van der Waals surface area contributed by atoms with E-state index in [9.17, 15) is 4.79 Å². The molecule has 2 rings (SSSR count). The van der Waals surface area contributed by atoms with E-state index in [1.165, 1.54) is 0 Å². The number of ether oxygens (including phenoxy) is 1. The maximum absolute atomic E-state index is 12.2. The minimum absolute atomic E-state index is 0.166. The molecule has 0 saturated carbocycles. The molecule has 0 bridgehead atoms. The van der Waals surface area contributed by atoms with Gasteiger partial charge in [0.2, 0.25) is 0 Å². The van der Waals surface area contributed by atoms with Crippen LogP contribution in [0.15, 0.2) is 30.3 Å². The van der Waals surface area contributed by atoms with E-state index in [2.05, 4.69) is 5.32 Å². The van der Waals surface area contributed by atoms with E-state index in [4.69, 9.17) is 4.74 Å². The zero-order valence-corrected chi connectivity index (χ0v) is 12.3. The van der Waals surface area contributed by atoms with Crippen LogP contribution in [-0.2, 0) is 11.3 Å². The van der Waals surface area contributed by atoms with Gasteiger partial charge in [-0.25, -0.2) is 4.79 Å². The molecular formula is C16H24N2O2. The number of hydrogen-bond acceptors (Lipinski definition) is 3. The van der Waals surface area contributed by atoms with Gasteiger partial charge in [-0.05, 0) is 44.8 Å². The van der Waals surface area contributed by atoms with E-state index in [0.717, 1.165) is 31.6 Å². The number of carbonyl (C=O) groups is 1. The summed E-state index contributed by atoms with van der Waals surface area (Å²) in [5, 5.41) is 3.33. The van der Waals surface area contributed by atoms with Gasteiger partial charge in [-0.3, -0.25) is 0 Å². The van der Waals surface area contributed by atoms with Crippen LogP contribution in [0.4, 0.5) is 4.79 Å². The molecule has 0 spiro atoms. The number of rotatable bonds is 5. The van der Waals surface area contributed by atoms with Gasteiger partial charge in [0.1, 0.15) is 6.61 Å². The summed E-state index contributed by atoms with van der Waals surface area (Å²) in [6.45, 7) is 7.23. The number of nitrogens with zero attached hydrogens (tertiary/aromatic N) is 1. The van der Waals surface area contributed by atoms with Crippen molar-refractivity contribution in [1.29, 1.82) is 0 Å². The van der Waals surface area contributed by atoms with Crippen LogP contribution in [0.1, 0.15) is 25.8 Å². The van der Waals surface area contributed by atoms with Crippen molar-refractivity contribution < 1.29 is 9.53 Å². The molecule has 0 aliphatic carbocycles. The summed E-state index contributed by atoms with van der Waals surface area (Å²) in [6.07, 6.45) is 0.922. The van der Waals surface area contributed by atoms with Crippen molar-refractivity contribution >= 4 is 6.09 Å². The van der Waals surface area contributed by atoms with Gasteiger partial charge in [-0.2, -0.15) is 0 Å². The normalized spacial score (nSPS) is 18.2. The molecular weight excluding hydrogens is 252 g/mol. The Morgan fingerprint density at radius 2 is 2.15 bits per heavy atom. The van der Waals surface area contributed by atoms with E-state index in [-0.39, 0.29) is 12.1 Å². The quantitative estimate of drug-likeness (QED) is 0.899. The summed E-state index contributed by atoms with van der Waals surface area (Å²) in [7, 11) is 0. The highest BCUT2D eigenvalue weighted by atomic mass is 16.6. The van der Waals surface area contributed by atoms with Crippen molar-refractivity contribution in [2.75, 3.05) is 19.6 Å². The van der Waals surface area contributed by atoms with Crippen LogP contribution in [-0.4, -0.2) is 36.7 Å². The van der Waals surface area contributed by atoms with Crippen molar-refractivity contribution in [3.63, 3.8) is 0 Å². The molecule has 1 saturated heterocycles. The first-order chi connectivity index (χ1) is 9.66. The Morgan fingerprint density at radius 1 is 1.40 bits per heavy atom. The number of amides is 1. The summed E-state index contributed by atoms with van der Waals surface area (Å²) < 4.78 is 5.43. The second-order valence-corrected chi connectivity index (χ2v) is 5.65. The van der Waals surface area contributed by atoms with Crippen molar-refractivity contribution in [3.8, 4) is 0 Å². The second kappa shape index (κ2) is 7.29. The van der Waals surface area contributed by atoms with Crippen molar-refractivity contribution in [2.24, 2.45) is 5.92 Å². The lowest BCUT2D eigenvalue weighted by Crippen LogP contribution is -2.41. The van der Waals surface area contributed by atoms with Gasteiger partial charge in [0.25, 0.3) is 0 Å². The average Bonchev–Trinajstić information content (AvgIpc) is 2.96. The lowest BCUT2D eigenvalue weighted by molar-refractivity contribution is 0.0801. The largest absolute Gasteiger partial charge is 0.445 e. The molecule has 1 N–H and O–H groups in total. The third-order valence-electron chi connectivity index (χ3n) is 3.68. The molecule has 1 fully saturated rings. The van der Waals surface area contributed by atoms with Gasteiger partial charge in [-0.1, -0.05) is 30.3 Å². The number of nitrogens with one attached hydrogen (secondary N) is 1. The molecule has 1 atom stereocenters. The Balaban J connectivity index is 1.86. The highest BCUT2D eigenvalue weighted by Crippen LogP contribution is 2.14. The summed E-state index contributed by atoms with van der Waals surface area (Å²) in [6, 6.07) is 9.96. The fourth-order valence-electron chi connectivity index (χ4n) is 2.45. The number of carbonyl (C=O) groups excluding carboxylic acids is 1. The molecule has 1 aromatic carbocycles. The standard InChI is InChI=1S/C16H24N2O2/c1-13(2)18(11-15-8-9-17-10-15)16(19)20-12-14-6-4-3-5-7-14/h3-7,13,15,17H,8-12H2,1-2H3/t15-/m0/s1. The molecule has 0 unspecified atom stereocenters. The Kier molecular flexibility index (Phi) is 5.41. The highest BCUT2D eigenvalue weighted by molar-refractivity contribution is 5.68. The van der Waals surface area contributed by atoms with Crippen LogP contribution >= 0.6 is 0 Å². The fraction of sp³-hybridized carbons (Fsp3) is 0.562. The summed E-state index contributed by atoms with van der Waals surface area (Å²) in [4.78, 5) is 14.1. The predicted octanol–water partition coefficient (Wildman–Crippen LogP) is 2.64. The van der Waals surface area contributed by atoms with Crippen molar-refractivity contribution in [2.45, 2.75) is 32.9 Å². The molecule has 0 radical (unpaired) electrons. The lowest BCUT2D eigenvalue weighted by atomic mass is 10.1. The average molecular weight is 276 g/mol. The minimum Gasteiger partial charge on any atom is -0.445 e. The Bertz CT molecular complexity index is 414. The van der Waals surface area contributed by atoms with E-state index >= 15 is 0 Å². The molecule has 4 heteroatoms. The maximum atomic E-state index is 12.2. The van der Waals surface area contributed by atoms with Crippen LogP contribution in [0.2, 0.25) is 0 Å². The summed E-state index contributed by atoms with van der Waals surface area (Å²) >= 11 is 0. The molecule has 1 amide bonds. The Morgan fingerprint density at radius 3 is 2.75 bits per heavy atom. The van der Waals surface area contributed by atoms with Crippen LogP contribution in [0.25, 0.3) is 0 Å². The second-order valence-electron chi connectivity index (χ2n) is 5.65. The van der Waals surface area contributed by atoms with Crippen LogP contribution in [0.5, 0.6) is 0 Å². The first-order valence-corrected chi connectivity index (χ1v) is 7.35. The summed E-state index contributed by atoms with van der Waals surface area (Å²) in [5.74, 6) is 0.543. The van der Waals surface area contributed by atoms with Crippen LogP contribution in [0.3, 0.4) is 0 Å². The third-order valence-corrected chi connectivity index (χ3v) is 3.68. The van der Waals surface area contributed by atoms with E-state index < -0.39 is 0 Å².